The summed E-state index contributed by atoms with van der Waals surface area (Å²) in [6.45, 7) is 7.25. The van der Waals surface area contributed by atoms with Crippen LogP contribution in [0.2, 0.25) is 0 Å². The van der Waals surface area contributed by atoms with Gasteiger partial charge in [0.25, 0.3) is 0 Å². The van der Waals surface area contributed by atoms with E-state index < -0.39 is 5.82 Å². The third-order valence-electron chi connectivity index (χ3n) is 6.19. The average Bonchev–Trinajstić information content (AvgIpc) is 3.15. The standard InChI is InChI=1S/C27H36FN3O5.BrH/c1-27(2,3)18-11-16(12-21(24(18)34-5)36-10-8-7-9-29)19(32)15-31-14-17-13-20(33-4)25(35-6)23(28)22(17)26(31)30;/h11-13,30H,7-10,14-15,29H2,1-6H3;1H. The summed E-state index contributed by atoms with van der Waals surface area (Å²) >= 11 is 0. The predicted octanol–water partition coefficient (Wildman–Crippen LogP) is 4.87. The summed E-state index contributed by atoms with van der Waals surface area (Å²) in [4.78, 5) is 15.0. The Bertz CT molecular complexity index is 1150. The SMILES string of the molecule is Br.COc1cc2c(c(F)c1OC)C(=N)N(CC(=O)c1cc(OCCCCN)c(OC)c(C(C)(C)C)c1)C2. The molecule has 0 bridgehead atoms. The maximum atomic E-state index is 15.1. The quantitative estimate of drug-likeness (QED) is 0.288. The Balaban J connectivity index is 0.00000481. The van der Waals surface area contributed by atoms with E-state index in [1.807, 2.05) is 26.8 Å². The lowest BCUT2D eigenvalue weighted by Crippen LogP contribution is -2.30. The van der Waals surface area contributed by atoms with E-state index in [0.717, 1.165) is 18.4 Å². The molecule has 3 rings (SSSR count). The first-order valence-electron chi connectivity index (χ1n) is 11.9. The van der Waals surface area contributed by atoms with Gasteiger partial charge in [-0.3, -0.25) is 10.2 Å². The molecule has 1 aliphatic rings. The Labute approximate surface area is 228 Å². The van der Waals surface area contributed by atoms with Crippen LogP contribution in [0.3, 0.4) is 0 Å². The molecule has 1 heterocycles. The fourth-order valence-corrected chi connectivity index (χ4v) is 4.29. The number of carbonyl (C=O) groups is 1. The number of unbranched alkanes of at least 4 members (excludes halogenated alkanes) is 1. The minimum absolute atomic E-state index is 0. The van der Waals surface area contributed by atoms with Crippen molar-refractivity contribution in [3.05, 3.63) is 46.3 Å². The minimum Gasteiger partial charge on any atom is -0.493 e. The number of benzene rings is 2. The highest BCUT2D eigenvalue weighted by atomic mass is 79.9. The van der Waals surface area contributed by atoms with E-state index in [0.29, 0.717) is 35.8 Å². The molecule has 0 aliphatic carbocycles. The van der Waals surface area contributed by atoms with E-state index in [1.165, 1.54) is 19.1 Å². The van der Waals surface area contributed by atoms with Crippen molar-refractivity contribution in [3.8, 4) is 23.0 Å². The summed E-state index contributed by atoms with van der Waals surface area (Å²) in [6, 6.07) is 5.14. The van der Waals surface area contributed by atoms with Crippen LogP contribution in [-0.2, 0) is 12.0 Å². The normalized spacial score (nSPS) is 12.6. The maximum Gasteiger partial charge on any atom is 0.197 e. The molecule has 0 amide bonds. The smallest absolute Gasteiger partial charge is 0.197 e. The van der Waals surface area contributed by atoms with Crippen LogP contribution in [0.4, 0.5) is 4.39 Å². The van der Waals surface area contributed by atoms with Gasteiger partial charge in [0.15, 0.2) is 34.6 Å². The second kappa shape index (κ2) is 12.6. The molecule has 2 aromatic rings. The van der Waals surface area contributed by atoms with Crippen molar-refractivity contribution in [2.75, 3.05) is 41.0 Å². The molecule has 2 aromatic carbocycles. The zero-order valence-electron chi connectivity index (χ0n) is 22.3. The fraction of sp³-hybridized carbons (Fsp3) is 0.481. The van der Waals surface area contributed by atoms with Crippen LogP contribution in [0.15, 0.2) is 18.2 Å². The van der Waals surface area contributed by atoms with Gasteiger partial charge in [-0.1, -0.05) is 20.8 Å². The van der Waals surface area contributed by atoms with Gasteiger partial charge in [-0.05, 0) is 48.6 Å². The van der Waals surface area contributed by atoms with Crippen molar-refractivity contribution in [2.45, 2.75) is 45.6 Å². The molecule has 37 heavy (non-hydrogen) atoms. The lowest BCUT2D eigenvalue weighted by molar-refractivity contribution is 0.0962. The van der Waals surface area contributed by atoms with Gasteiger partial charge in [-0.25, -0.2) is 4.39 Å². The first-order valence-corrected chi connectivity index (χ1v) is 11.9. The molecule has 0 spiro atoms. The molecule has 0 atom stereocenters. The number of nitrogens with two attached hydrogens (primary N) is 1. The topological polar surface area (TPSA) is 107 Å². The zero-order chi connectivity index (χ0) is 26.6. The van der Waals surface area contributed by atoms with Crippen molar-refractivity contribution in [2.24, 2.45) is 5.73 Å². The van der Waals surface area contributed by atoms with E-state index in [4.69, 9.17) is 30.1 Å². The van der Waals surface area contributed by atoms with Crippen LogP contribution in [0.25, 0.3) is 0 Å². The van der Waals surface area contributed by atoms with E-state index >= 15 is 4.39 Å². The highest BCUT2D eigenvalue weighted by Gasteiger charge is 2.33. The third kappa shape index (κ3) is 6.35. The van der Waals surface area contributed by atoms with Gasteiger partial charge in [0, 0.05) is 17.7 Å². The van der Waals surface area contributed by atoms with Gasteiger partial charge in [0.1, 0.15) is 5.84 Å². The molecule has 10 heteroatoms. The number of fused-ring (bicyclic) bond motifs is 1. The van der Waals surface area contributed by atoms with Gasteiger partial charge in [-0.2, -0.15) is 0 Å². The molecule has 0 aromatic heterocycles. The van der Waals surface area contributed by atoms with Gasteiger partial charge in [0.05, 0.1) is 40.0 Å². The molecule has 0 saturated carbocycles. The number of nitrogens with zero attached hydrogens (tertiary/aromatic N) is 1. The van der Waals surface area contributed by atoms with E-state index in [-0.39, 0.29) is 64.2 Å². The number of halogens is 2. The Morgan fingerprint density at radius 3 is 2.30 bits per heavy atom. The lowest BCUT2D eigenvalue weighted by atomic mass is 9.84. The maximum absolute atomic E-state index is 15.1. The van der Waals surface area contributed by atoms with Crippen molar-refractivity contribution >= 4 is 28.6 Å². The second-order valence-electron chi connectivity index (χ2n) is 9.74. The van der Waals surface area contributed by atoms with E-state index in [9.17, 15) is 4.79 Å². The summed E-state index contributed by atoms with van der Waals surface area (Å²) in [5, 5.41) is 8.54. The van der Waals surface area contributed by atoms with E-state index in [1.54, 1.807) is 19.2 Å². The Morgan fingerprint density at radius 1 is 1.05 bits per heavy atom. The van der Waals surface area contributed by atoms with Crippen LogP contribution in [0, 0.1) is 11.2 Å². The zero-order valence-corrected chi connectivity index (χ0v) is 24.0. The Morgan fingerprint density at radius 2 is 1.73 bits per heavy atom. The lowest BCUT2D eigenvalue weighted by Gasteiger charge is -2.25. The average molecular weight is 583 g/mol. The number of carbonyl (C=O) groups excluding carboxylic acids is 1. The van der Waals surface area contributed by atoms with Crippen LogP contribution in [0.5, 0.6) is 23.0 Å². The van der Waals surface area contributed by atoms with Crippen molar-refractivity contribution in [1.82, 2.24) is 4.90 Å². The number of methoxy groups -OCH3 is 3. The summed E-state index contributed by atoms with van der Waals surface area (Å²) in [5.41, 5.74) is 7.23. The van der Waals surface area contributed by atoms with Gasteiger partial charge >= 0.3 is 0 Å². The molecule has 1 aliphatic heterocycles. The number of hydrogen-bond acceptors (Lipinski definition) is 7. The summed E-state index contributed by atoms with van der Waals surface area (Å²) in [7, 11) is 4.36. The number of Topliss-reactive ketones (excluding diaryl/α,β-unsaturated/α-hetero) is 1. The van der Waals surface area contributed by atoms with Gasteiger partial charge in [0.2, 0.25) is 0 Å². The van der Waals surface area contributed by atoms with Crippen LogP contribution >= 0.6 is 17.0 Å². The fourth-order valence-electron chi connectivity index (χ4n) is 4.29. The molecular weight excluding hydrogens is 545 g/mol. The van der Waals surface area contributed by atoms with Crippen LogP contribution in [0.1, 0.15) is 60.7 Å². The molecular formula is C27H37BrFN3O5. The Kier molecular flexibility index (Phi) is 10.3. The highest BCUT2D eigenvalue weighted by molar-refractivity contribution is 8.93. The molecule has 0 unspecified atom stereocenters. The van der Waals surface area contributed by atoms with Crippen LogP contribution in [-0.4, -0.2) is 57.5 Å². The van der Waals surface area contributed by atoms with Gasteiger partial charge < -0.3 is 29.6 Å². The molecule has 0 fully saturated rings. The van der Waals surface area contributed by atoms with Crippen molar-refractivity contribution in [3.63, 3.8) is 0 Å². The number of ether oxygens (including phenoxy) is 4. The number of amidine groups is 1. The predicted molar refractivity (Wildman–Crippen MR) is 147 cm³/mol. The third-order valence-corrected chi connectivity index (χ3v) is 6.19. The molecule has 0 radical (unpaired) electrons. The number of nitrogens with one attached hydrogen (secondary N) is 1. The number of rotatable bonds is 11. The summed E-state index contributed by atoms with van der Waals surface area (Å²) in [5.74, 6) is 0.317. The molecule has 3 N–H and O–H groups in total. The van der Waals surface area contributed by atoms with Crippen molar-refractivity contribution in [1.29, 1.82) is 5.41 Å². The Hall–Kier alpha value is -2.85. The van der Waals surface area contributed by atoms with Gasteiger partial charge in [-0.15, -0.1) is 17.0 Å². The molecule has 8 nitrogen and oxygen atoms in total. The first kappa shape index (κ1) is 30.4. The minimum atomic E-state index is -0.667. The second-order valence-corrected chi connectivity index (χ2v) is 9.74. The summed E-state index contributed by atoms with van der Waals surface area (Å²) in [6.07, 6.45) is 1.61. The number of hydrogen-bond donors (Lipinski definition) is 2. The number of ketones is 1. The van der Waals surface area contributed by atoms with Crippen molar-refractivity contribution < 1.29 is 28.1 Å². The van der Waals surface area contributed by atoms with Crippen LogP contribution < -0.4 is 24.7 Å². The summed E-state index contributed by atoms with van der Waals surface area (Å²) < 4.78 is 37.2. The first-order chi connectivity index (χ1) is 17.1. The highest BCUT2D eigenvalue weighted by Crippen LogP contribution is 2.41. The molecule has 204 valence electrons. The largest absolute Gasteiger partial charge is 0.493 e. The van der Waals surface area contributed by atoms with E-state index in [2.05, 4.69) is 0 Å². The molecule has 0 saturated heterocycles. The monoisotopic (exact) mass is 581 g/mol.